The molecule has 0 radical (unpaired) electrons. The number of para-hydroxylation sites is 1. The van der Waals surface area contributed by atoms with Gasteiger partial charge >= 0.3 is 0 Å². The van der Waals surface area contributed by atoms with E-state index < -0.39 is 0 Å². The fourth-order valence-corrected chi connectivity index (χ4v) is 4.02. The van der Waals surface area contributed by atoms with E-state index in [1.165, 1.54) is 5.56 Å². The normalized spacial score (nSPS) is 12.9. The number of halogens is 1. The number of hydrogen-bond donors (Lipinski definition) is 1. The highest BCUT2D eigenvalue weighted by Gasteiger charge is 2.30. The first-order valence-corrected chi connectivity index (χ1v) is 10.4. The molecule has 0 aliphatic carbocycles. The Morgan fingerprint density at radius 2 is 1.61 bits per heavy atom. The number of nitrogens with zero attached hydrogens (tertiary/aromatic N) is 4. The summed E-state index contributed by atoms with van der Waals surface area (Å²) in [7, 11) is 0. The quantitative estimate of drug-likeness (QED) is 0.509. The molecule has 1 N–H and O–H groups in total. The average molecular weight is 430 g/mol. The minimum absolute atomic E-state index is 0.0790. The van der Waals surface area contributed by atoms with Gasteiger partial charge in [0.25, 0.3) is 0 Å². The molecule has 1 aliphatic rings. The van der Waals surface area contributed by atoms with Crippen LogP contribution in [0.25, 0.3) is 5.69 Å². The summed E-state index contributed by atoms with van der Waals surface area (Å²) in [5.41, 5.74) is 3.52. The van der Waals surface area contributed by atoms with Crippen LogP contribution < -0.4 is 10.2 Å². The molecule has 0 saturated heterocycles. The maximum Gasteiger partial charge on any atom is 0.239 e. The lowest BCUT2D eigenvalue weighted by Gasteiger charge is -2.23. The zero-order valence-corrected chi connectivity index (χ0v) is 17.5. The van der Waals surface area contributed by atoms with Crippen molar-refractivity contribution in [3.8, 4) is 5.69 Å². The van der Waals surface area contributed by atoms with E-state index in [9.17, 15) is 4.79 Å². The van der Waals surface area contributed by atoms with Crippen LogP contribution >= 0.6 is 11.6 Å². The van der Waals surface area contributed by atoms with Crippen molar-refractivity contribution in [2.75, 3.05) is 4.90 Å². The highest BCUT2D eigenvalue weighted by atomic mass is 35.5. The molecule has 5 rings (SSSR count). The van der Waals surface area contributed by atoms with Crippen LogP contribution in [0.3, 0.4) is 0 Å². The summed E-state index contributed by atoms with van der Waals surface area (Å²) in [6.07, 6.45) is 0.146. The van der Waals surface area contributed by atoms with Gasteiger partial charge in [0.05, 0.1) is 24.3 Å². The van der Waals surface area contributed by atoms with Crippen molar-refractivity contribution >= 4 is 28.9 Å². The van der Waals surface area contributed by atoms with Crippen molar-refractivity contribution in [2.45, 2.75) is 19.5 Å². The zero-order valence-electron chi connectivity index (χ0n) is 16.7. The summed E-state index contributed by atoms with van der Waals surface area (Å²) in [6, 6.07) is 25.3. The van der Waals surface area contributed by atoms with Gasteiger partial charge < -0.3 is 5.32 Å². The fourth-order valence-electron chi connectivity index (χ4n) is 3.85. The monoisotopic (exact) mass is 429 g/mol. The number of carbonyl (C=O) groups excluding carboxylic acids is 1. The molecule has 6 nitrogen and oxygen atoms in total. The molecule has 1 aliphatic heterocycles. The minimum Gasteiger partial charge on any atom is -0.306 e. The van der Waals surface area contributed by atoms with Crippen LogP contribution in [0.15, 0.2) is 78.9 Å². The van der Waals surface area contributed by atoms with E-state index in [1.54, 1.807) is 4.90 Å². The van der Waals surface area contributed by atoms with E-state index >= 15 is 0 Å². The molecule has 0 bridgehead atoms. The van der Waals surface area contributed by atoms with E-state index in [1.807, 2.05) is 71.3 Å². The molecule has 154 valence electrons. The SMILES string of the molecule is O=C1Cc2nnc(CNCc3ccccc3)n2-c2ccc(Cl)cc2N1c1ccccc1. The number of benzene rings is 3. The summed E-state index contributed by atoms with van der Waals surface area (Å²) in [6.45, 7) is 1.23. The average Bonchev–Trinajstić information content (AvgIpc) is 3.12. The lowest BCUT2D eigenvalue weighted by molar-refractivity contribution is -0.117. The smallest absolute Gasteiger partial charge is 0.239 e. The highest BCUT2D eigenvalue weighted by Crippen LogP contribution is 2.37. The summed E-state index contributed by atoms with van der Waals surface area (Å²) in [4.78, 5) is 15.0. The third-order valence-electron chi connectivity index (χ3n) is 5.24. The second-order valence-electron chi connectivity index (χ2n) is 7.33. The van der Waals surface area contributed by atoms with Gasteiger partial charge in [0.2, 0.25) is 5.91 Å². The molecule has 1 amide bonds. The molecule has 0 unspecified atom stereocenters. The number of amides is 1. The predicted molar refractivity (Wildman–Crippen MR) is 121 cm³/mol. The molecule has 1 aromatic heterocycles. The van der Waals surface area contributed by atoms with Gasteiger partial charge in [-0.05, 0) is 35.9 Å². The first-order chi connectivity index (χ1) is 15.2. The van der Waals surface area contributed by atoms with Gasteiger partial charge in [-0.15, -0.1) is 10.2 Å². The molecule has 3 aromatic carbocycles. The van der Waals surface area contributed by atoms with Gasteiger partial charge in [0, 0.05) is 17.3 Å². The van der Waals surface area contributed by atoms with Crippen LogP contribution in [0.5, 0.6) is 0 Å². The van der Waals surface area contributed by atoms with Crippen molar-refractivity contribution in [2.24, 2.45) is 0 Å². The Kier molecular flexibility index (Phi) is 5.24. The van der Waals surface area contributed by atoms with Gasteiger partial charge in [-0.3, -0.25) is 14.3 Å². The number of nitrogens with one attached hydrogen (secondary N) is 1. The molecule has 31 heavy (non-hydrogen) atoms. The van der Waals surface area contributed by atoms with Crippen molar-refractivity contribution in [1.82, 2.24) is 20.1 Å². The number of fused-ring (bicyclic) bond motifs is 3. The van der Waals surface area contributed by atoms with Crippen LogP contribution in [0.1, 0.15) is 17.2 Å². The molecule has 4 aromatic rings. The summed E-state index contributed by atoms with van der Waals surface area (Å²) in [5, 5.41) is 12.7. The summed E-state index contributed by atoms with van der Waals surface area (Å²) < 4.78 is 1.96. The number of rotatable bonds is 5. The van der Waals surface area contributed by atoms with Gasteiger partial charge in [0.15, 0.2) is 5.82 Å². The van der Waals surface area contributed by atoms with Crippen LogP contribution in [-0.2, 0) is 24.3 Å². The molecule has 7 heteroatoms. The van der Waals surface area contributed by atoms with Crippen molar-refractivity contribution in [3.63, 3.8) is 0 Å². The maximum atomic E-state index is 13.2. The second kappa shape index (κ2) is 8.34. The summed E-state index contributed by atoms with van der Waals surface area (Å²) in [5.74, 6) is 1.28. The zero-order chi connectivity index (χ0) is 21.2. The largest absolute Gasteiger partial charge is 0.306 e. The number of carbonyl (C=O) groups is 1. The van der Waals surface area contributed by atoms with Crippen LogP contribution in [0.2, 0.25) is 5.02 Å². The van der Waals surface area contributed by atoms with E-state index in [4.69, 9.17) is 11.6 Å². The van der Waals surface area contributed by atoms with Crippen LogP contribution in [-0.4, -0.2) is 20.7 Å². The molecular formula is C24H20ClN5O. The third kappa shape index (κ3) is 3.83. The van der Waals surface area contributed by atoms with Crippen molar-refractivity contribution < 1.29 is 4.79 Å². The third-order valence-corrected chi connectivity index (χ3v) is 5.48. The highest BCUT2D eigenvalue weighted by molar-refractivity contribution is 6.31. The van der Waals surface area contributed by atoms with E-state index in [2.05, 4.69) is 27.6 Å². The fraction of sp³-hybridized carbons (Fsp3) is 0.125. The van der Waals surface area contributed by atoms with E-state index in [-0.39, 0.29) is 12.3 Å². The number of aromatic nitrogens is 3. The molecule has 2 heterocycles. The Labute approximate surface area is 185 Å². The Hall–Kier alpha value is -3.48. The van der Waals surface area contributed by atoms with Gasteiger partial charge in [-0.25, -0.2) is 0 Å². The lowest BCUT2D eigenvalue weighted by Crippen LogP contribution is -2.26. The number of hydrogen-bond acceptors (Lipinski definition) is 4. The van der Waals surface area contributed by atoms with Gasteiger partial charge in [-0.2, -0.15) is 0 Å². The molecule has 0 saturated carbocycles. The molecule has 0 atom stereocenters. The van der Waals surface area contributed by atoms with Crippen molar-refractivity contribution in [3.05, 3.63) is 101 Å². The maximum absolute atomic E-state index is 13.2. The van der Waals surface area contributed by atoms with Crippen molar-refractivity contribution in [1.29, 1.82) is 0 Å². The Morgan fingerprint density at radius 1 is 0.871 bits per heavy atom. The van der Waals surface area contributed by atoms with E-state index in [0.717, 1.165) is 17.2 Å². The number of anilines is 2. The van der Waals surface area contributed by atoms with Gasteiger partial charge in [0.1, 0.15) is 5.82 Å². The topological polar surface area (TPSA) is 63.1 Å². The summed E-state index contributed by atoms with van der Waals surface area (Å²) >= 11 is 6.33. The minimum atomic E-state index is -0.0790. The first kappa shape index (κ1) is 19.5. The van der Waals surface area contributed by atoms with Crippen LogP contribution in [0, 0.1) is 0 Å². The Bertz CT molecular complexity index is 1220. The lowest BCUT2D eigenvalue weighted by atomic mass is 10.2. The first-order valence-electron chi connectivity index (χ1n) is 10.1. The Balaban J connectivity index is 1.53. The molecule has 0 spiro atoms. The molecule has 0 fully saturated rings. The predicted octanol–water partition coefficient (Wildman–Crippen LogP) is 4.43. The van der Waals surface area contributed by atoms with Gasteiger partial charge in [-0.1, -0.05) is 60.1 Å². The van der Waals surface area contributed by atoms with Crippen LogP contribution in [0.4, 0.5) is 11.4 Å². The molecular weight excluding hydrogens is 410 g/mol. The second-order valence-corrected chi connectivity index (χ2v) is 7.77. The van der Waals surface area contributed by atoms with E-state index in [0.29, 0.717) is 29.6 Å². The standard InChI is InChI=1S/C24H20ClN5O/c25-18-11-12-20-21(13-18)29(19-9-5-2-6-10-19)24(31)14-22-27-28-23(30(20)22)16-26-15-17-7-3-1-4-8-17/h1-13,26H,14-16H2. The Morgan fingerprint density at radius 3 is 2.39 bits per heavy atom.